The molecule has 0 radical (unpaired) electrons. The van der Waals surface area contributed by atoms with Gasteiger partial charge in [-0.2, -0.15) is 0 Å². The molecule has 1 aromatic heterocycles. The highest BCUT2D eigenvalue weighted by atomic mass is 16.5. The molecule has 0 fully saturated rings. The zero-order valence-electron chi connectivity index (χ0n) is 17.3. The highest BCUT2D eigenvalue weighted by Gasteiger charge is 2.22. The molecule has 0 unspecified atom stereocenters. The Labute approximate surface area is 171 Å². The van der Waals surface area contributed by atoms with Gasteiger partial charge in [-0.3, -0.25) is 14.6 Å². The zero-order valence-corrected chi connectivity index (χ0v) is 17.3. The molecule has 7 nitrogen and oxygen atoms in total. The Morgan fingerprint density at radius 1 is 1.17 bits per heavy atom. The highest BCUT2D eigenvalue weighted by Crippen LogP contribution is 2.33. The number of ether oxygens (including phenoxy) is 1. The van der Waals surface area contributed by atoms with E-state index >= 15 is 0 Å². The lowest BCUT2D eigenvalue weighted by Crippen LogP contribution is -2.35. The topological polar surface area (TPSA) is 74.8 Å². The van der Waals surface area contributed by atoms with E-state index in [1.54, 1.807) is 30.2 Å². The summed E-state index contributed by atoms with van der Waals surface area (Å²) in [5.41, 5.74) is 2.35. The van der Waals surface area contributed by atoms with Crippen LogP contribution in [0.5, 0.6) is 11.5 Å². The fourth-order valence-electron chi connectivity index (χ4n) is 3.46. The van der Waals surface area contributed by atoms with Crippen molar-refractivity contribution in [3.05, 3.63) is 47.8 Å². The lowest BCUT2D eigenvalue weighted by molar-refractivity contribution is -0.116. The molecule has 154 valence electrons. The SMILES string of the molecule is CCN(CC)CCNC(=O)c1cc(Oc2ccc3c(c2)CCN3C(C)=O)ccn1. The molecule has 2 aromatic rings. The van der Waals surface area contributed by atoms with Crippen LogP contribution in [0.2, 0.25) is 0 Å². The molecule has 1 aromatic carbocycles. The number of carbonyl (C=O) groups excluding carboxylic acids is 2. The third-order valence-electron chi connectivity index (χ3n) is 5.13. The average molecular weight is 396 g/mol. The standard InChI is InChI=1S/C22H28N4O3/c1-4-25(5-2)13-11-24-22(28)20-15-19(8-10-23-20)29-18-6-7-21-17(14-18)9-12-26(21)16(3)27/h6-8,10,14-15H,4-5,9,11-13H2,1-3H3,(H,24,28). The van der Waals surface area contributed by atoms with Gasteiger partial charge in [0, 0.05) is 44.5 Å². The van der Waals surface area contributed by atoms with E-state index < -0.39 is 0 Å². The molecule has 0 bridgehead atoms. The van der Waals surface area contributed by atoms with Crippen molar-refractivity contribution in [2.24, 2.45) is 0 Å². The first-order valence-corrected chi connectivity index (χ1v) is 10.1. The number of pyridine rings is 1. The summed E-state index contributed by atoms with van der Waals surface area (Å²) in [6.07, 6.45) is 2.38. The Bertz CT molecular complexity index is 880. The molecule has 0 saturated carbocycles. The molecule has 1 aliphatic heterocycles. The summed E-state index contributed by atoms with van der Waals surface area (Å²) in [5, 5.41) is 2.90. The van der Waals surface area contributed by atoms with E-state index in [1.165, 1.54) is 0 Å². The maximum absolute atomic E-state index is 12.4. The van der Waals surface area contributed by atoms with Crippen molar-refractivity contribution in [2.75, 3.05) is 37.6 Å². The van der Waals surface area contributed by atoms with E-state index in [9.17, 15) is 9.59 Å². The number of fused-ring (bicyclic) bond motifs is 1. The van der Waals surface area contributed by atoms with Crippen molar-refractivity contribution in [3.8, 4) is 11.5 Å². The molecule has 0 aliphatic carbocycles. The molecule has 3 rings (SSSR count). The van der Waals surface area contributed by atoms with Crippen molar-refractivity contribution in [1.82, 2.24) is 15.2 Å². The third kappa shape index (κ3) is 5.12. The van der Waals surface area contributed by atoms with E-state index in [0.29, 0.717) is 30.3 Å². The predicted molar refractivity (Wildman–Crippen MR) is 113 cm³/mol. The van der Waals surface area contributed by atoms with Gasteiger partial charge >= 0.3 is 0 Å². The van der Waals surface area contributed by atoms with E-state index in [4.69, 9.17) is 4.74 Å². The largest absolute Gasteiger partial charge is 0.457 e. The monoisotopic (exact) mass is 396 g/mol. The summed E-state index contributed by atoms with van der Waals surface area (Å²) in [6.45, 7) is 9.77. The summed E-state index contributed by atoms with van der Waals surface area (Å²) in [4.78, 5) is 32.2. The van der Waals surface area contributed by atoms with Gasteiger partial charge in [0.05, 0.1) is 0 Å². The summed E-state index contributed by atoms with van der Waals surface area (Å²) >= 11 is 0. The van der Waals surface area contributed by atoms with Crippen LogP contribution < -0.4 is 15.0 Å². The van der Waals surface area contributed by atoms with Gasteiger partial charge in [-0.05, 0) is 49.3 Å². The maximum Gasteiger partial charge on any atom is 0.270 e. The quantitative estimate of drug-likeness (QED) is 0.743. The van der Waals surface area contributed by atoms with Crippen LogP contribution in [0, 0.1) is 0 Å². The molecular formula is C22H28N4O3. The molecule has 0 saturated heterocycles. The molecular weight excluding hydrogens is 368 g/mol. The number of likely N-dealkylation sites (N-methyl/N-ethyl adjacent to an activating group) is 1. The van der Waals surface area contributed by atoms with Gasteiger partial charge in [-0.15, -0.1) is 0 Å². The summed E-state index contributed by atoms with van der Waals surface area (Å²) in [7, 11) is 0. The van der Waals surface area contributed by atoms with Crippen LogP contribution in [0.25, 0.3) is 0 Å². The van der Waals surface area contributed by atoms with Crippen LogP contribution in [0.1, 0.15) is 36.8 Å². The van der Waals surface area contributed by atoms with Crippen LogP contribution in [-0.4, -0.2) is 54.4 Å². The van der Waals surface area contributed by atoms with Crippen molar-refractivity contribution in [2.45, 2.75) is 27.2 Å². The lowest BCUT2D eigenvalue weighted by atomic mass is 10.1. The first-order chi connectivity index (χ1) is 14.0. The molecule has 0 spiro atoms. The normalized spacial score (nSPS) is 12.8. The molecule has 1 aliphatic rings. The number of benzene rings is 1. The second kappa shape index (κ2) is 9.52. The van der Waals surface area contributed by atoms with Crippen LogP contribution in [0.3, 0.4) is 0 Å². The lowest BCUT2D eigenvalue weighted by Gasteiger charge is -2.17. The van der Waals surface area contributed by atoms with Crippen LogP contribution >= 0.6 is 0 Å². The Kier molecular flexibility index (Phi) is 6.82. The van der Waals surface area contributed by atoms with E-state index in [1.807, 2.05) is 18.2 Å². The van der Waals surface area contributed by atoms with Crippen molar-refractivity contribution in [3.63, 3.8) is 0 Å². The van der Waals surface area contributed by atoms with Crippen molar-refractivity contribution in [1.29, 1.82) is 0 Å². The number of hydrogen-bond acceptors (Lipinski definition) is 5. The predicted octanol–water partition coefficient (Wildman–Crippen LogP) is 2.85. The number of carbonyl (C=O) groups is 2. The van der Waals surface area contributed by atoms with Gasteiger partial charge in [0.1, 0.15) is 17.2 Å². The fraction of sp³-hybridized carbons (Fsp3) is 0.409. The fourth-order valence-corrected chi connectivity index (χ4v) is 3.46. The maximum atomic E-state index is 12.4. The van der Waals surface area contributed by atoms with Gasteiger partial charge in [0.15, 0.2) is 0 Å². The second-order valence-electron chi connectivity index (χ2n) is 6.97. The van der Waals surface area contributed by atoms with Crippen LogP contribution in [0.15, 0.2) is 36.5 Å². The Balaban J connectivity index is 1.63. The molecule has 2 amide bonds. The minimum Gasteiger partial charge on any atom is -0.457 e. The number of anilines is 1. The minimum atomic E-state index is -0.214. The van der Waals surface area contributed by atoms with Crippen molar-refractivity contribution >= 4 is 17.5 Å². The van der Waals surface area contributed by atoms with E-state index in [0.717, 1.165) is 37.3 Å². The van der Waals surface area contributed by atoms with Gasteiger partial charge in [0.25, 0.3) is 5.91 Å². The number of hydrogen-bond donors (Lipinski definition) is 1. The number of nitrogens with one attached hydrogen (secondary N) is 1. The van der Waals surface area contributed by atoms with Crippen LogP contribution in [-0.2, 0) is 11.2 Å². The Morgan fingerprint density at radius 3 is 2.66 bits per heavy atom. The van der Waals surface area contributed by atoms with Gasteiger partial charge < -0.3 is 19.9 Å². The van der Waals surface area contributed by atoms with E-state index in [2.05, 4.69) is 29.0 Å². The van der Waals surface area contributed by atoms with E-state index in [-0.39, 0.29) is 11.8 Å². The second-order valence-corrected chi connectivity index (χ2v) is 6.97. The Hall–Kier alpha value is -2.93. The summed E-state index contributed by atoms with van der Waals surface area (Å²) in [6, 6.07) is 9.05. The van der Waals surface area contributed by atoms with Gasteiger partial charge in [0.2, 0.25) is 5.91 Å². The minimum absolute atomic E-state index is 0.0446. The van der Waals surface area contributed by atoms with Gasteiger partial charge in [-0.25, -0.2) is 0 Å². The summed E-state index contributed by atoms with van der Waals surface area (Å²) in [5.74, 6) is 1.06. The Morgan fingerprint density at radius 2 is 1.93 bits per heavy atom. The average Bonchev–Trinajstić information content (AvgIpc) is 3.15. The van der Waals surface area contributed by atoms with Gasteiger partial charge in [-0.1, -0.05) is 13.8 Å². The molecule has 2 heterocycles. The zero-order chi connectivity index (χ0) is 20.8. The first-order valence-electron chi connectivity index (χ1n) is 10.1. The first kappa shape index (κ1) is 20.8. The molecule has 7 heteroatoms. The molecule has 1 N–H and O–H groups in total. The number of aromatic nitrogens is 1. The third-order valence-corrected chi connectivity index (χ3v) is 5.13. The smallest absolute Gasteiger partial charge is 0.270 e. The number of rotatable bonds is 8. The molecule has 29 heavy (non-hydrogen) atoms. The van der Waals surface area contributed by atoms with Crippen molar-refractivity contribution < 1.29 is 14.3 Å². The number of nitrogens with zero attached hydrogens (tertiary/aromatic N) is 3. The number of amides is 2. The molecule has 0 atom stereocenters. The summed E-state index contributed by atoms with van der Waals surface area (Å²) < 4.78 is 5.94. The van der Waals surface area contributed by atoms with Crippen LogP contribution in [0.4, 0.5) is 5.69 Å². The highest BCUT2D eigenvalue weighted by molar-refractivity contribution is 5.94.